The van der Waals surface area contributed by atoms with Crippen LogP contribution in [0.5, 0.6) is 0 Å². The molecule has 140 valence electrons. The maximum atomic E-state index is 11.4. The van der Waals surface area contributed by atoms with Crippen LogP contribution < -0.4 is 0 Å². The highest BCUT2D eigenvalue weighted by Crippen LogP contribution is 2.11. The van der Waals surface area contributed by atoms with Crippen LogP contribution in [0, 0.1) is 17.3 Å². The molecule has 0 radical (unpaired) electrons. The molecule has 0 saturated carbocycles. The van der Waals surface area contributed by atoms with Gasteiger partial charge >= 0.3 is 5.97 Å². The average molecular weight is 354 g/mol. The Morgan fingerprint density at radius 2 is 2.04 bits per heavy atom. The van der Waals surface area contributed by atoms with Crippen LogP contribution >= 0.6 is 0 Å². The van der Waals surface area contributed by atoms with Crippen LogP contribution in [0.25, 0.3) is 6.08 Å². The van der Waals surface area contributed by atoms with Gasteiger partial charge in [0.1, 0.15) is 0 Å². The van der Waals surface area contributed by atoms with E-state index in [0.29, 0.717) is 6.61 Å². The highest BCUT2D eigenvalue weighted by molar-refractivity contribution is 5.87. The van der Waals surface area contributed by atoms with Crippen molar-refractivity contribution in [3.05, 3.63) is 53.6 Å². The lowest BCUT2D eigenvalue weighted by molar-refractivity contribution is -0.137. The second-order valence-electron chi connectivity index (χ2n) is 7.08. The van der Waals surface area contributed by atoms with E-state index in [0.717, 1.165) is 25.2 Å². The first kappa shape index (κ1) is 21.7. The van der Waals surface area contributed by atoms with Gasteiger partial charge in [-0.3, -0.25) is 4.90 Å². The molecule has 0 spiro atoms. The minimum Gasteiger partial charge on any atom is -0.463 e. The molecular weight excluding hydrogens is 322 g/mol. The molecule has 1 aromatic carbocycles. The zero-order valence-corrected chi connectivity index (χ0v) is 16.7. The van der Waals surface area contributed by atoms with Gasteiger partial charge in [-0.25, -0.2) is 4.79 Å². The number of esters is 1. The van der Waals surface area contributed by atoms with Crippen LogP contribution in [0.1, 0.15) is 45.7 Å². The van der Waals surface area contributed by atoms with E-state index in [1.807, 2.05) is 18.2 Å². The summed E-state index contributed by atoms with van der Waals surface area (Å²) >= 11 is 0. The molecule has 1 rings (SSSR count). The Labute approximate surface area is 158 Å². The molecule has 0 heterocycles. The van der Waals surface area contributed by atoms with Gasteiger partial charge in [0.25, 0.3) is 0 Å². The Bertz CT molecular complexity index is 684. The van der Waals surface area contributed by atoms with Crippen molar-refractivity contribution in [3.63, 3.8) is 0 Å². The molecule has 0 saturated heterocycles. The third-order valence-corrected chi connectivity index (χ3v) is 3.51. The summed E-state index contributed by atoms with van der Waals surface area (Å²) < 4.78 is 4.91. The van der Waals surface area contributed by atoms with Crippen molar-refractivity contribution in [3.8, 4) is 11.8 Å². The average Bonchev–Trinajstić information content (AvgIpc) is 2.58. The summed E-state index contributed by atoms with van der Waals surface area (Å²) in [4.78, 5) is 13.8. The molecule has 0 unspecified atom stereocenters. The number of rotatable bonds is 8. The maximum Gasteiger partial charge on any atom is 0.330 e. The number of ether oxygens (including phenoxy) is 1. The number of benzene rings is 1. The van der Waals surface area contributed by atoms with Crippen LogP contribution in [-0.2, 0) is 16.1 Å². The smallest absolute Gasteiger partial charge is 0.330 e. The summed E-state index contributed by atoms with van der Waals surface area (Å²) in [6.45, 7) is 13.3. The fourth-order valence-corrected chi connectivity index (χ4v) is 2.23. The van der Waals surface area contributed by atoms with Gasteiger partial charge in [0, 0.05) is 24.6 Å². The van der Waals surface area contributed by atoms with E-state index in [4.69, 9.17) is 4.74 Å². The van der Waals surface area contributed by atoms with Crippen LogP contribution in [0.4, 0.5) is 0 Å². The van der Waals surface area contributed by atoms with Gasteiger partial charge in [0.05, 0.1) is 6.61 Å². The quantitative estimate of drug-likeness (QED) is 0.386. The van der Waals surface area contributed by atoms with Crippen LogP contribution in [0.2, 0.25) is 0 Å². The monoisotopic (exact) mass is 353 g/mol. The summed E-state index contributed by atoms with van der Waals surface area (Å²) in [5.74, 6) is 6.00. The number of carbonyl (C=O) groups excluding carboxylic acids is 1. The molecule has 0 aliphatic rings. The molecule has 0 atom stereocenters. The van der Waals surface area contributed by atoms with Gasteiger partial charge < -0.3 is 4.74 Å². The molecule has 0 aliphatic heterocycles. The van der Waals surface area contributed by atoms with E-state index in [1.165, 1.54) is 11.6 Å². The van der Waals surface area contributed by atoms with Crippen molar-refractivity contribution in [1.29, 1.82) is 0 Å². The minimum absolute atomic E-state index is 0.0340. The van der Waals surface area contributed by atoms with E-state index < -0.39 is 0 Å². The van der Waals surface area contributed by atoms with Crippen molar-refractivity contribution in [2.75, 3.05) is 19.7 Å². The SMILES string of the molecule is CCOC(=O)C=Cc1cccc(CN(CC)CC=CC#CC(C)(C)C)c1. The fourth-order valence-electron chi connectivity index (χ4n) is 2.23. The number of carbonyl (C=O) groups is 1. The number of hydrogen-bond acceptors (Lipinski definition) is 3. The van der Waals surface area contributed by atoms with E-state index >= 15 is 0 Å². The lowest BCUT2D eigenvalue weighted by Gasteiger charge is -2.18. The predicted octanol–water partition coefficient (Wildman–Crippen LogP) is 4.69. The summed E-state index contributed by atoms with van der Waals surface area (Å²) in [6.07, 6.45) is 7.30. The minimum atomic E-state index is -0.311. The van der Waals surface area contributed by atoms with Crippen LogP contribution in [-0.4, -0.2) is 30.6 Å². The Balaban J connectivity index is 2.65. The van der Waals surface area contributed by atoms with Crippen molar-refractivity contribution in [2.45, 2.75) is 41.2 Å². The Kier molecular flexibility index (Phi) is 9.47. The molecule has 26 heavy (non-hydrogen) atoms. The number of nitrogens with zero attached hydrogens (tertiary/aromatic N) is 1. The summed E-state index contributed by atoms with van der Waals surface area (Å²) in [5.41, 5.74) is 2.25. The third kappa shape index (κ3) is 9.86. The first-order chi connectivity index (χ1) is 12.3. The molecule has 1 aromatic rings. The van der Waals surface area contributed by atoms with E-state index in [1.54, 1.807) is 13.0 Å². The topological polar surface area (TPSA) is 29.5 Å². The molecule has 0 aliphatic carbocycles. The summed E-state index contributed by atoms with van der Waals surface area (Å²) in [6, 6.07) is 8.20. The second-order valence-corrected chi connectivity index (χ2v) is 7.08. The standard InChI is InChI=1S/C23H31NO2/c1-6-24(17-10-8-9-16-23(3,4)5)19-21-13-11-12-20(18-21)14-15-22(25)26-7-2/h8,10-15,18H,6-7,17,19H2,1-5H3. The molecule has 0 N–H and O–H groups in total. The van der Waals surface area contributed by atoms with Gasteiger partial charge in [-0.05, 0) is 57.5 Å². The van der Waals surface area contributed by atoms with Crippen LogP contribution in [0.3, 0.4) is 0 Å². The van der Waals surface area contributed by atoms with E-state index in [-0.39, 0.29) is 11.4 Å². The zero-order chi connectivity index (χ0) is 19.4. The highest BCUT2D eigenvalue weighted by atomic mass is 16.5. The Morgan fingerprint density at radius 1 is 1.27 bits per heavy atom. The largest absolute Gasteiger partial charge is 0.463 e. The summed E-state index contributed by atoms with van der Waals surface area (Å²) in [5, 5.41) is 0. The zero-order valence-electron chi connectivity index (χ0n) is 16.7. The molecule has 3 nitrogen and oxygen atoms in total. The number of allylic oxidation sites excluding steroid dienone is 1. The third-order valence-electron chi connectivity index (χ3n) is 3.51. The van der Waals surface area contributed by atoms with Crippen molar-refractivity contribution >= 4 is 12.0 Å². The van der Waals surface area contributed by atoms with Gasteiger partial charge in [-0.1, -0.05) is 49.1 Å². The van der Waals surface area contributed by atoms with Gasteiger partial charge in [0.15, 0.2) is 0 Å². The highest BCUT2D eigenvalue weighted by Gasteiger charge is 2.03. The first-order valence-electron chi connectivity index (χ1n) is 9.18. The van der Waals surface area contributed by atoms with E-state index in [2.05, 4.69) is 62.6 Å². The van der Waals surface area contributed by atoms with Crippen LogP contribution in [0.15, 0.2) is 42.5 Å². The molecule has 3 heteroatoms. The summed E-state index contributed by atoms with van der Waals surface area (Å²) in [7, 11) is 0. The lowest BCUT2D eigenvalue weighted by Crippen LogP contribution is -2.22. The second kappa shape index (κ2) is 11.3. The lowest BCUT2D eigenvalue weighted by atomic mass is 9.98. The van der Waals surface area contributed by atoms with Gasteiger partial charge in [-0.15, -0.1) is 0 Å². The van der Waals surface area contributed by atoms with Gasteiger partial charge in [0.2, 0.25) is 0 Å². The Morgan fingerprint density at radius 3 is 2.69 bits per heavy atom. The van der Waals surface area contributed by atoms with Crippen molar-refractivity contribution in [1.82, 2.24) is 4.90 Å². The van der Waals surface area contributed by atoms with Gasteiger partial charge in [-0.2, -0.15) is 0 Å². The van der Waals surface area contributed by atoms with Crippen molar-refractivity contribution < 1.29 is 9.53 Å². The fraction of sp³-hybridized carbons (Fsp3) is 0.435. The predicted molar refractivity (Wildman–Crippen MR) is 109 cm³/mol. The normalized spacial score (nSPS) is 11.8. The maximum absolute atomic E-state index is 11.4. The molecule has 0 amide bonds. The molecule has 0 aromatic heterocycles. The first-order valence-corrected chi connectivity index (χ1v) is 9.18. The molecule has 0 fully saturated rings. The molecular formula is C23H31NO2. The molecule has 0 bridgehead atoms. The number of hydrogen-bond donors (Lipinski definition) is 0. The van der Waals surface area contributed by atoms with Crippen molar-refractivity contribution in [2.24, 2.45) is 5.41 Å². The number of likely N-dealkylation sites (N-methyl/N-ethyl adjacent to an activating group) is 1. The van der Waals surface area contributed by atoms with E-state index in [9.17, 15) is 4.79 Å². The Hall–Kier alpha value is -2.31.